The minimum absolute atomic E-state index is 0.636. The van der Waals surface area contributed by atoms with E-state index in [2.05, 4.69) is 23.5 Å². The fourth-order valence-electron chi connectivity index (χ4n) is 1.82. The molecule has 1 fully saturated rings. The van der Waals surface area contributed by atoms with Crippen molar-refractivity contribution in [2.75, 3.05) is 16.8 Å². The molecule has 1 unspecified atom stereocenters. The molecule has 1 aliphatic heterocycles. The van der Waals surface area contributed by atoms with Gasteiger partial charge in [-0.1, -0.05) is 0 Å². The van der Waals surface area contributed by atoms with Gasteiger partial charge in [0.15, 0.2) is 0 Å². The van der Waals surface area contributed by atoms with E-state index in [1.165, 1.54) is 30.0 Å². The molecule has 3 nitrogen and oxygen atoms in total. The third-order valence-electron chi connectivity index (χ3n) is 2.53. The van der Waals surface area contributed by atoms with Crippen molar-refractivity contribution in [1.29, 1.82) is 0 Å². The van der Waals surface area contributed by atoms with Gasteiger partial charge in [-0.2, -0.15) is 16.9 Å². The first-order chi connectivity index (χ1) is 6.75. The van der Waals surface area contributed by atoms with E-state index in [1.807, 2.05) is 23.5 Å². The molecule has 0 aromatic carbocycles. The van der Waals surface area contributed by atoms with E-state index >= 15 is 0 Å². The monoisotopic (exact) mass is 211 g/mol. The van der Waals surface area contributed by atoms with Gasteiger partial charge in [0.1, 0.15) is 0 Å². The highest BCUT2D eigenvalue weighted by atomic mass is 32.2. The highest BCUT2D eigenvalue weighted by molar-refractivity contribution is 7.99. The largest absolute Gasteiger partial charge is 0.379 e. The van der Waals surface area contributed by atoms with Crippen molar-refractivity contribution in [2.45, 2.75) is 25.8 Å². The maximum Gasteiger partial charge on any atom is 0.0825 e. The van der Waals surface area contributed by atoms with Crippen molar-refractivity contribution in [2.24, 2.45) is 7.05 Å². The van der Waals surface area contributed by atoms with E-state index < -0.39 is 0 Å². The number of thioether (sulfide) groups is 1. The van der Waals surface area contributed by atoms with Gasteiger partial charge in [0.25, 0.3) is 0 Å². The van der Waals surface area contributed by atoms with E-state index in [1.54, 1.807) is 0 Å². The normalized spacial score (nSPS) is 22.3. The number of hydrogen-bond acceptors (Lipinski definition) is 3. The van der Waals surface area contributed by atoms with Gasteiger partial charge >= 0.3 is 0 Å². The van der Waals surface area contributed by atoms with Crippen LogP contribution in [0.3, 0.4) is 0 Å². The Kier molecular flexibility index (Phi) is 3.01. The van der Waals surface area contributed by atoms with Crippen LogP contribution in [0.15, 0.2) is 6.20 Å². The highest BCUT2D eigenvalue weighted by Crippen LogP contribution is 2.21. The predicted octanol–water partition coefficient (Wildman–Crippen LogP) is 2.04. The molecule has 0 amide bonds. The van der Waals surface area contributed by atoms with Gasteiger partial charge in [-0.25, -0.2) is 0 Å². The first kappa shape index (κ1) is 9.90. The summed E-state index contributed by atoms with van der Waals surface area (Å²) in [5.41, 5.74) is 2.29. The molecule has 0 aliphatic carbocycles. The number of nitrogens with one attached hydrogen (secondary N) is 1. The third-order valence-corrected chi connectivity index (χ3v) is 3.75. The predicted molar refractivity (Wildman–Crippen MR) is 61.9 cm³/mol. The SMILES string of the molecule is Cc1nn(C)cc1NC1CCCSC1. The number of anilines is 1. The quantitative estimate of drug-likeness (QED) is 0.812. The molecular formula is C10H17N3S. The lowest BCUT2D eigenvalue weighted by Gasteiger charge is -2.22. The summed E-state index contributed by atoms with van der Waals surface area (Å²) in [6, 6.07) is 0.636. The second kappa shape index (κ2) is 4.26. The Morgan fingerprint density at radius 2 is 2.50 bits per heavy atom. The smallest absolute Gasteiger partial charge is 0.0825 e. The number of aryl methyl sites for hydroxylation is 2. The second-order valence-corrected chi connectivity index (χ2v) is 5.01. The molecule has 78 valence electrons. The van der Waals surface area contributed by atoms with Crippen LogP contribution in [-0.4, -0.2) is 27.3 Å². The van der Waals surface area contributed by atoms with Gasteiger partial charge in [-0.3, -0.25) is 4.68 Å². The van der Waals surface area contributed by atoms with Gasteiger partial charge in [-0.15, -0.1) is 0 Å². The number of aromatic nitrogens is 2. The van der Waals surface area contributed by atoms with Crippen LogP contribution in [-0.2, 0) is 7.05 Å². The molecule has 1 atom stereocenters. The molecule has 0 radical (unpaired) electrons. The molecule has 0 bridgehead atoms. The maximum atomic E-state index is 4.32. The molecule has 4 heteroatoms. The van der Waals surface area contributed by atoms with Crippen LogP contribution >= 0.6 is 11.8 Å². The topological polar surface area (TPSA) is 29.9 Å². The van der Waals surface area contributed by atoms with Crippen LogP contribution in [0.1, 0.15) is 18.5 Å². The fourth-order valence-corrected chi connectivity index (χ4v) is 2.89. The van der Waals surface area contributed by atoms with Crippen molar-refractivity contribution >= 4 is 17.4 Å². The summed E-state index contributed by atoms with van der Waals surface area (Å²) >= 11 is 2.05. The Hall–Kier alpha value is -0.640. The van der Waals surface area contributed by atoms with Gasteiger partial charge in [0.05, 0.1) is 11.4 Å². The zero-order chi connectivity index (χ0) is 9.97. The summed E-state index contributed by atoms with van der Waals surface area (Å²) in [6.07, 6.45) is 4.69. The Morgan fingerprint density at radius 3 is 3.07 bits per heavy atom. The fraction of sp³-hybridized carbons (Fsp3) is 0.700. The van der Waals surface area contributed by atoms with Crippen LogP contribution in [0.4, 0.5) is 5.69 Å². The average Bonchev–Trinajstić information content (AvgIpc) is 2.47. The first-order valence-corrected chi connectivity index (χ1v) is 6.25. The molecule has 0 saturated carbocycles. The molecule has 1 aliphatic rings. The van der Waals surface area contributed by atoms with Gasteiger partial charge in [-0.05, 0) is 25.5 Å². The zero-order valence-corrected chi connectivity index (χ0v) is 9.60. The Bertz CT molecular complexity index is 302. The molecular weight excluding hydrogens is 194 g/mol. The van der Waals surface area contributed by atoms with Gasteiger partial charge in [0, 0.05) is 25.0 Å². The standard InChI is InChI=1S/C10H17N3S/c1-8-10(6-13(2)12-8)11-9-4-3-5-14-7-9/h6,9,11H,3-5,7H2,1-2H3. The van der Waals surface area contributed by atoms with E-state index in [9.17, 15) is 0 Å². The molecule has 0 spiro atoms. The lowest BCUT2D eigenvalue weighted by molar-refractivity contribution is 0.684. The van der Waals surface area contributed by atoms with Crippen molar-refractivity contribution in [3.05, 3.63) is 11.9 Å². The maximum absolute atomic E-state index is 4.32. The summed E-state index contributed by atoms with van der Waals surface area (Å²) in [5, 5.41) is 7.89. The summed E-state index contributed by atoms with van der Waals surface area (Å²) in [7, 11) is 1.97. The first-order valence-electron chi connectivity index (χ1n) is 5.10. The van der Waals surface area contributed by atoms with Crippen LogP contribution in [0.2, 0.25) is 0 Å². The molecule has 1 aromatic heterocycles. The Balaban J connectivity index is 1.98. The van der Waals surface area contributed by atoms with Crippen molar-refractivity contribution in [1.82, 2.24) is 9.78 Å². The van der Waals surface area contributed by atoms with Crippen LogP contribution in [0, 0.1) is 6.92 Å². The van der Waals surface area contributed by atoms with Gasteiger partial charge < -0.3 is 5.32 Å². The summed E-state index contributed by atoms with van der Waals surface area (Å²) in [4.78, 5) is 0. The second-order valence-electron chi connectivity index (χ2n) is 3.86. The van der Waals surface area contributed by atoms with E-state index in [0.717, 1.165) is 5.69 Å². The Morgan fingerprint density at radius 1 is 1.64 bits per heavy atom. The molecule has 2 rings (SSSR count). The van der Waals surface area contributed by atoms with Crippen LogP contribution in [0.5, 0.6) is 0 Å². The lowest BCUT2D eigenvalue weighted by Crippen LogP contribution is -2.25. The Labute approximate surface area is 89.3 Å². The van der Waals surface area contributed by atoms with Crippen molar-refractivity contribution < 1.29 is 0 Å². The van der Waals surface area contributed by atoms with E-state index in [4.69, 9.17) is 0 Å². The van der Waals surface area contributed by atoms with Crippen LogP contribution in [0.25, 0.3) is 0 Å². The summed E-state index contributed by atoms with van der Waals surface area (Å²) < 4.78 is 1.87. The number of nitrogens with zero attached hydrogens (tertiary/aromatic N) is 2. The molecule has 1 N–H and O–H groups in total. The lowest BCUT2D eigenvalue weighted by atomic mass is 10.2. The molecule has 1 saturated heterocycles. The molecule has 1 aromatic rings. The zero-order valence-electron chi connectivity index (χ0n) is 8.79. The van der Waals surface area contributed by atoms with E-state index in [0.29, 0.717) is 6.04 Å². The molecule has 14 heavy (non-hydrogen) atoms. The number of rotatable bonds is 2. The average molecular weight is 211 g/mol. The van der Waals surface area contributed by atoms with E-state index in [-0.39, 0.29) is 0 Å². The summed E-state index contributed by atoms with van der Waals surface area (Å²) in [5.74, 6) is 2.55. The summed E-state index contributed by atoms with van der Waals surface area (Å²) in [6.45, 7) is 2.05. The number of hydrogen-bond donors (Lipinski definition) is 1. The van der Waals surface area contributed by atoms with Crippen LogP contribution < -0.4 is 5.32 Å². The van der Waals surface area contributed by atoms with Crippen molar-refractivity contribution in [3.8, 4) is 0 Å². The van der Waals surface area contributed by atoms with Gasteiger partial charge in [0.2, 0.25) is 0 Å². The van der Waals surface area contributed by atoms with Crippen molar-refractivity contribution in [3.63, 3.8) is 0 Å². The minimum atomic E-state index is 0.636. The third kappa shape index (κ3) is 2.23. The minimum Gasteiger partial charge on any atom is -0.379 e. The molecule has 2 heterocycles. The highest BCUT2D eigenvalue weighted by Gasteiger charge is 2.14.